The molecule has 122 valence electrons. The van der Waals surface area contributed by atoms with Gasteiger partial charge in [0.1, 0.15) is 5.54 Å². The van der Waals surface area contributed by atoms with E-state index in [1.165, 1.54) is 0 Å². The van der Waals surface area contributed by atoms with E-state index in [2.05, 4.69) is 24.5 Å². The zero-order chi connectivity index (χ0) is 16.2. The van der Waals surface area contributed by atoms with Gasteiger partial charge in [0.25, 0.3) is 0 Å². The number of benzene rings is 1. The van der Waals surface area contributed by atoms with E-state index in [1.54, 1.807) is 0 Å². The summed E-state index contributed by atoms with van der Waals surface area (Å²) in [7, 11) is 0. The number of nitrogens with one attached hydrogen (secondary N) is 2. The van der Waals surface area contributed by atoms with Crippen LogP contribution in [0.5, 0.6) is 0 Å². The van der Waals surface area contributed by atoms with E-state index >= 15 is 0 Å². The smallest absolute Gasteiger partial charge is 0.247 e. The van der Waals surface area contributed by atoms with Crippen molar-refractivity contribution in [2.24, 2.45) is 0 Å². The van der Waals surface area contributed by atoms with Gasteiger partial charge in [0, 0.05) is 30.9 Å². The average molecular weight is 303 g/mol. The average Bonchev–Trinajstić information content (AvgIpc) is 2.46. The Morgan fingerprint density at radius 1 is 1.27 bits per heavy atom. The standard InChI is InChI=1S/C18H29N3O/c1-14(2)19-16-11-8-12-21(13-16)17(22)18(3,4)20-15-9-6-5-7-10-15/h5-7,9-10,14,16,19-20H,8,11-13H2,1-4H3/t16-/m0/s1. The molecule has 4 nitrogen and oxygen atoms in total. The molecule has 0 radical (unpaired) electrons. The van der Waals surface area contributed by atoms with Gasteiger partial charge in [-0.1, -0.05) is 32.0 Å². The number of hydrogen-bond donors (Lipinski definition) is 2. The lowest BCUT2D eigenvalue weighted by Gasteiger charge is -2.39. The van der Waals surface area contributed by atoms with Gasteiger partial charge in [-0.3, -0.25) is 4.79 Å². The maximum Gasteiger partial charge on any atom is 0.247 e. The van der Waals surface area contributed by atoms with Crippen LogP contribution in [0.2, 0.25) is 0 Å². The van der Waals surface area contributed by atoms with E-state index in [1.807, 2.05) is 49.1 Å². The quantitative estimate of drug-likeness (QED) is 0.879. The van der Waals surface area contributed by atoms with Crippen molar-refractivity contribution in [3.8, 4) is 0 Å². The second kappa shape index (κ2) is 7.14. The first-order valence-electron chi connectivity index (χ1n) is 8.27. The highest BCUT2D eigenvalue weighted by atomic mass is 16.2. The van der Waals surface area contributed by atoms with E-state index in [-0.39, 0.29) is 5.91 Å². The fraction of sp³-hybridized carbons (Fsp3) is 0.611. The van der Waals surface area contributed by atoms with Crippen LogP contribution in [0.15, 0.2) is 30.3 Å². The normalized spacial score (nSPS) is 19.3. The Bertz CT molecular complexity index is 484. The Labute approximate surface area is 134 Å². The van der Waals surface area contributed by atoms with Gasteiger partial charge < -0.3 is 15.5 Å². The van der Waals surface area contributed by atoms with Crippen LogP contribution >= 0.6 is 0 Å². The fourth-order valence-electron chi connectivity index (χ4n) is 3.10. The third-order valence-corrected chi connectivity index (χ3v) is 4.04. The Morgan fingerprint density at radius 2 is 1.95 bits per heavy atom. The van der Waals surface area contributed by atoms with E-state index in [9.17, 15) is 4.79 Å². The number of carbonyl (C=O) groups is 1. The number of amides is 1. The lowest BCUT2D eigenvalue weighted by Crippen LogP contribution is -2.56. The SMILES string of the molecule is CC(C)N[C@H]1CCCN(C(=O)C(C)(C)Nc2ccccc2)C1. The number of nitrogens with zero attached hydrogens (tertiary/aromatic N) is 1. The highest BCUT2D eigenvalue weighted by Gasteiger charge is 2.34. The molecule has 0 bridgehead atoms. The third kappa shape index (κ3) is 4.47. The lowest BCUT2D eigenvalue weighted by atomic mass is 9.98. The molecular formula is C18H29N3O. The van der Waals surface area contributed by atoms with Crippen molar-refractivity contribution < 1.29 is 4.79 Å². The van der Waals surface area contributed by atoms with Gasteiger partial charge in [0.15, 0.2) is 0 Å². The fourth-order valence-corrected chi connectivity index (χ4v) is 3.10. The van der Waals surface area contributed by atoms with Crippen molar-refractivity contribution in [3.63, 3.8) is 0 Å². The Morgan fingerprint density at radius 3 is 2.59 bits per heavy atom. The Kier molecular flexibility index (Phi) is 5.46. The van der Waals surface area contributed by atoms with Gasteiger partial charge in [-0.15, -0.1) is 0 Å². The largest absolute Gasteiger partial charge is 0.372 e. The van der Waals surface area contributed by atoms with Gasteiger partial charge in [-0.25, -0.2) is 0 Å². The van der Waals surface area contributed by atoms with Crippen molar-refractivity contribution in [2.75, 3.05) is 18.4 Å². The number of para-hydroxylation sites is 1. The number of anilines is 1. The highest BCUT2D eigenvalue weighted by molar-refractivity contribution is 5.88. The molecule has 22 heavy (non-hydrogen) atoms. The third-order valence-electron chi connectivity index (χ3n) is 4.04. The molecular weight excluding hydrogens is 274 g/mol. The van der Waals surface area contributed by atoms with Crippen LogP contribution < -0.4 is 10.6 Å². The molecule has 0 unspecified atom stereocenters. The summed E-state index contributed by atoms with van der Waals surface area (Å²) in [4.78, 5) is 14.9. The summed E-state index contributed by atoms with van der Waals surface area (Å²) in [5.41, 5.74) is 0.385. The molecule has 1 saturated heterocycles. The molecule has 1 fully saturated rings. The minimum absolute atomic E-state index is 0.173. The number of hydrogen-bond acceptors (Lipinski definition) is 3. The summed E-state index contributed by atoms with van der Waals surface area (Å²) >= 11 is 0. The second-order valence-electron chi connectivity index (χ2n) is 7.03. The van der Waals surface area contributed by atoms with Gasteiger partial charge >= 0.3 is 0 Å². The summed E-state index contributed by atoms with van der Waals surface area (Å²) in [5, 5.41) is 6.91. The molecule has 2 rings (SSSR count). The van der Waals surface area contributed by atoms with Gasteiger partial charge in [-0.2, -0.15) is 0 Å². The number of likely N-dealkylation sites (tertiary alicyclic amines) is 1. The molecule has 1 amide bonds. The van der Waals surface area contributed by atoms with Crippen LogP contribution in [0.3, 0.4) is 0 Å². The molecule has 0 aromatic heterocycles. The summed E-state index contributed by atoms with van der Waals surface area (Å²) < 4.78 is 0. The summed E-state index contributed by atoms with van der Waals surface area (Å²) in [5.74, 6) is 0.173. The molecule has 0 spiro atoms. The Balaban J connectivity index is 1.99. The van der Waals surface area contributed by atoms with Crippen molar-refractivity contribution >= 4 is 11.6 Å². The van der Waals surface area contributed by atoms with Crippen LogP contribution in [0.25, 0.3) is 0 Å². The molecule has 0 saturated carbocycles. The lowest BCUT2D eigenvalue weighted by molar-refractivity contribution is -0.136. The summed E-state index contributed by atoms with van der Waals surface area (Å²) in [6, 6.07) is 10.8. The minimum atomic E-state index is -0.596. The van der Waals surface area contributed by atoms with Crippen LogP contribution in [-0.4, -0.2) is 41.5 Å². The molecule has 1 aromatic rings. The first-order valence-corrected chi connectivity index (χ1v) is 8.27. The molecule has 1 aromatic carbocycles. The molecule has 1 aliphatic rings. The number of carbonyl (C=O) groups excluding carboxylic acids is 1. The van der Waals surface area contributed by atoms with Crippen LogP contribution in [0.4, 0.5) is 5.69 Å². The van der Waals surface area contributed by atoms with Crippen molar-refractivity contribution in [3.05, 3.63) is 30.3 Å². The van der Waals surface area contributed by atoms with Crippen LogP contribution in [-0.2, 0) is 4.79 Å². The number of rotatable bonds is 5. The summed E-state index contributed by atoms with van der Waals surface area (Å²) in [6.07, 6.45) is 2.21. The van der Waals surface area contributed by atoms with Gasteiger partial charge in [0.05, 0.1) is 0 Å². The minimum Gasteiger partial charge on any atom is -0.372 e. The van der Waals surface area contributed by atoms with E-state index in [0.29, 0.717) is 12.1 Å². The zero-order valence-corrected chi connectivity index (χ0v) is 14.2. The molecule has 1 heterocycles. The van der Waals surface area contributed by atoms with Crippen molar-refractivity contribution in [1.29, 1.82) is 0 Å². The van der Waals surface area contributed by atoms with E-state index in [0.717, 1.165) is 31.6 Å². The summed E-state index contributed by atoms with van der Waals surface area (Å²) in [6.45, 7) is 9.89. The van der Waals surface area contributed by atoms with E-state index in [4.69, 9.17) is 0 Å². The topological polar surface area (TPSA) is 44.4 Å². The van der Waals surface area contributed by atoms with Crippen LogP contribution in [0.1, 0.15) is 40.5 Å². The number of piperidine rings is 1. The Hall–Kier alpha value is -1.55. The van der Waals surface area contributed by atoms with E-state index < -0.39 is 5.54 Å². The van der Waals surface area contributed by atoms with Crippen LogP contribution in [0, 0.1) is 0 Å². The first kappa shape index (κ1) is 16.8. The molecule has 4 heteroatoms. The maximum atomic E-state index is 12.9. The second-order valence-corrected chi connectivity index (χ2v) is 7.03. The molecule has 0 aliphatic carbocycles. The predicted molar refractivity (Wildman–Crippen MR) is 92.0 cm³/mol. The molecule has 2 N–H and O–H groups in total. The molecule has 1 aliphatic heterocycles. The van der Waals surface area contributed by atoms with Crippen molar-refractivity contribution in [2.45, 2.75) is 58.2 Å². The van der Waals surface area contributed by atoms with Crippen molar-refractivity contribution in [1.82, 2.24) is 10.2 Å². The first-order chi connectivity index (χ1) is 10.4. The zero-order valence-electron chi connectivity index (χ0n) is 14.2. The monoisotopic (exact) mass is 303 g/mol. The van der Waals surface area contributed by atoms with Gasteiger partial charge in [-0.05, 0) is 38.8 Å². The highest BCUT2D eigenvalue weighted by Crippen LogP contribution is 2.20. The molecule has 1 atom stereocenters. The van der Waals surface area contributed by atoms with Gasteiger partial charge in [0.2, 0.25) is 5.91 Å². The predicted octanol–water partition coefficient (Wildman–Crippen LogP) is 2.87. The maximum absolute atomic E-state index is 12.9.